The molecule has 0 N–H and O–H groups in total. The zero-order valence-corrected chi connectivity index (χ0v) is 9.66. The van der Waals surface area contributed by atoms with Gasteiger partial charge in [-0.25, -0.2) is 0 Å². The predicted molar refractivity (Wildman–Crippen MR) is 62.3 cm³/mol. The Balaban J connectivity index is 2.35. The van der Waals surface area contributed by atoms with Crippen LogP contribution in [0.5, 0.6) is 0 Å². The van der Waals surface area contributed by atoms with Gasteiger partial charge in [0.25, 0.3) is 0 Å². The molecule has 0 saturated heterocycles. The zero-order valence-electron chi connectivity index (χ0n) is 8.09. The monoisotopic (exact) mass is 247 g/mol. The molecule has 0 fully saturated rings. The van der Waals surface area contributed by atoms with Gasteiger partial charge in [-0.2, -0.15) is 10.4 Å². The lowest BCUT2D eigenvalue weighted by atomic mass is 10.3. The van der Waals surface area contributed by atoms with Crippen LogP contribution in [0.3, 0.4) is 0 Å². The fraction of sp³-hybridized carbons (Fsp3) is 0. The molecular weight excluding hydrogens is 242 g/mol. The van der Waals surface area contributed by atoms with E-state index in [2.05, 4.69) is 16.3 Å². The van der Waals surface area contributed by atoms with E-state index >= 15 is 0 Å². The first-order chi connectivity index (χ1) is 7.81. The van der Waals surface area contributed by atoms with E-state index in [1.165, 1.54) is 18.0 Å². The number of hydrogen-bond donors (Lipinski definition) is 0. The third-order valence-corrected chi connectivity index (χ3v) is 3.36. The number of hydrogen-bond acceptors (Lipinski definition) is 4. The molecule has 2 rings (SSSR count). The molecule has 0 aliphatic rings. The van der Waals surface area contributed by atoms with E-state index in [-0.39, 0.29) is 0 Å². The van der Waals surface area contributed by atoms with E-state index in [9.17, 15) is 0 Å². The third kappa shape index (κ3) is 2.32. The Bertz CT molecular complexity index is 551. The van der Waals surface area contributed by atoms with Crippen molar-refractivity contribution in [2.45, 2.75) is 9.92 Å². The fourth-order valence-corrected chi connectivity index (χ4v) is 2.19. The molecule has 16 heavy (non-hydrogen) atoms. The summed E-state index contributed by atoms with van der Waals surface area (Å²) in [6.07, 6.45) is 1.50. The summed E-state index contributed by atoms with van der Waals surface area (Å²) in [5, 5.41) is 17.8. The number of nitrogens with zero attached hydrogens (tertiary/aromatic N) is 3. The predicted octanol–water partition coefficient (Wildman–Crippen LogP) is 3.15. The van der Waals surface area contributed by atoms with Crippen LogP contribution in [-0.2, 0) is 0 Å². The van der Waals surface area contributed by atoms with Crippen molar-refractivity contribution >= 4 is 23.4 Å². The van der Waals surface area contributed by atoms with Crippen molar-refractivity contribution in [3.63, 3.8) is 0 Å². The lowest BCUT2D eigenvalue weighted by molar-refractivity contribution is 0.920. The highest BCUT2D eigenvalue weighted by Gasteiger charge is 2.07. The highest BCUT2D eigenvalue weighted by molar-refractivity contribution is 7.99. The van der Waals surface area contributed by atoms with Crippen molar-refractivity contribution in [2.75, 3.05) is 0 Å². The number of aromatic nitrogens is 2. The number of benzene rings is 1. The van der Waals surface area contributed by atoms with Crippen LogP contribution in [-0.4, -0.2) is 10.2 Å². The molecule has 0 unspecified atom stereocenters. The molecule has 3 nitrogen and oxygen atoms in total. The second-order valence-corrected chi connectivity index (χ2v) is 4.33. The minimum atomic E-state index is 0.500. The summed E-state index contributed by atoms with van der Waals surface area (Å²) in [5.41, 5.74) is 0.500. The van der Waals surface area contributed by atoms with Gasteiger partial charge in [0.2, 0.25) is 0 Å². The molecule has 0 radical (unpaired) electrons. The molecule has 1 aromatic heterocycles. The number of halogens is 1. The number of rotatable bonds is 2. The lowest BCUT2D eigenvalue weighted by Crippen LogP contribution is -1.89. The topological polar surface area (TPSA) is 49.6 Å². The van der Waals surface area contributed by atoms with Gasteiger partial charge < -0.3 is 0 Å². The van der Waals surface area contributed by atoms with Gasteiger partial charge in [0.05, 0.1) is 16.8 Å². The summed E-state index contributed by atoms with van der Waals surface area (Å²) in [5.74, 6) is 0. The molecule has 0 saturated carbocycles. The van der Waals surface area contributed by atoms with Crippen molar-refractivity contribution in [2.24, 2.45) is 0 Å². The molecule has 0 atom stereocenters. The maximum atomic E-state index is 8.90. The van der Waals surface area contributed by atoms with E-state index in [1.807, 2.05) is 18.2 Å². The minimum absolute atomic E-state index is 0.500. The lowest BCUT2D eigenvalue weighted by Gasteiger charge is -2.02. The van der Waals surface area contributed by atoms with Gasteiger partial charge in [-0.15, -0.1) is 5.10 Å². The molecule has 0 amide bonds. The Morgan fingerprint density at radius 3 is 2.81 bits per heavy atom. The van der Waals surface area contributed by atoms with Crippen LogP contribution in [0, 0.1) is 11.3 Å². The van der Waals surface area contributed by atoms with E-state index in [1.54, 1.807) is 12.1 Å². The Morgan fingerprint density at radius 1 is 1.25 bits per heavy atom. The summed E-state index contributed by atoms with van der Waals surface area (Å²) < 4.78 is 0. The van der Waals surface area contributed by atoms with E-state index < -0.39 is 0 Å². The van der Waals surface area contributed by atoms with E-state index in [0.29, 0.717) is 15.6 Å². The van der Waals surface area contributed by atoms with Crippen molar-refractivity contribution < 1.29 is 0 Å². The van der Waals surface area contributed by atoms with E-state index in [4.69, 9.17) is 16.9 Å². The first-order valence-corrected chi connectivity index (χ1v) is 5.65. The van der Waals surface area contributed by atoms with Gasteiger partial charge >= 0.3 is 0 Å². The molecule has 1 heterocycles. The van der Waals surface area contributed by atoms with Crippen LogP contribution in [0.25, 0.3) is 0 Å². The molecule has 2 aromatic rings. The maximum Gasteiger partial charge on any atom is 0.141 e. The van der Waals surface area contributed by atoms with Gasteiger partial charge in [-0.3, -0.25) is 0 Å². The SMILES string of the molecule is N#Cc1ccnnc1Sc1ccccc1Cl. The highest BCUT2D eigenvalue weighted by Crippen LogP contribution is 2.32. The van der Waals surface area contributed by atoms with Gasteiger partial charge in [-0.1, -0.05) is 35.5 Å². The molecular formula is C11H6ClN3S. The smallest absolute Gasteiger partial charge is 0.141 e. The summed E-state index contributed by atoms with van der Waals surface area (Å²) in [6, 6.07) is 11.1. The first kappa shape index (κ1) is 10.9. The summed E-state index contributed by atoms with van der Waals surface area (Å²) >= 11 is 7.36. The van der Waals surface area contributed by atoms with Crippen LogP contribution in [0.1, 0.15) is 5.56 Å². The van der Waals surface area contributed by atoms with Gasteiger partial charge in [0.1, 0.15) is 11.1 Å². The third-order valence-electron chi connectivity index (χ3n) is 1.85. The van der Waals surface area contributed by atoms with Gasteiger partial charge in [0.15, 0.2) is 0 Å². The van der Waals surface area contributed by atoms with Crippen LogP contribution >= 0.6 is 23.4 Å². The van der Waals surface area contributed by atoms with Crippen molar-refractivity contribution in [1.82, 2.24) is 10.2 Å². The van der Waals surface area contributed by atoms with Crippen LogP contribution in [0.2, 0.25) is 5.02 Å². The van der Waals surface area contributed by atoms with Crippen molar-refractivity contribution in [3.05, 3.63) is 47.1 Å². The summed E-state index contributed by atoms with van der Waals surface area (Å²) in [6.45, 7) is 0. The zero-order chi connectivity index (χ0) is 11.4. The highest BCUT2D eigenvalue weighted by atomic mass is 35.5. The molecule has 5 heteroatoms. The van der Waals surface area contributed by atoms with Crippen LogP contribution in [0.4, 0.5) is 0 Å². The Labute approximate surface area is 102 Å². The van der Waals surface area contributed by atoms with Crippen molar-refractivity contribution in [1.29, 1.82) is 5.26 Å². The average molecular weight is 248 g/mol. The van der Waals surface area contributed by atoms with Crippen LogP contribution < -0.4 is 0 Å². The molecule has 0 aliphatic heterocycles. The van der Waals surface area contributed by atoms with Crippen molar-refractivity contribution in [3.8, 4) is 6.07 Å². The molecule has 1 aromatic carbocycles. The molecule has 0 aliphatic carbocycles. The van der Waals surface area contributed by atoms with Crippen LogP contribution in [0.15, 0.2) is 46.5 Å². The summed E-state index contributed by atoms with van der Waals surface area (Å²) in [4.78, 5) is 0.862. The average Bonchev–Trinajstić information content (AvgIpc) is 2.33. The fourth-order valence-electron chi connectivity index (χ4n) is 1.11. The van der Waals surface area contributed by atoms with E-state index in [0.717, 1.165) is 4.90 Å². The summed E-state index contributed by atoms with van der Waals surface area (Å²) in [7, 11) is 0. The largest absolute Gasteiger partial charge is 0.192 e. The molecule has 0 spiro atoms. The Hall–Kier alpha value is -1.57. The second-order valence-electron chi connectivity index (χ2n) is 2.89. The Morgan fingerprint density at radius 2 is 2.06 bits per heavy atom. The normalized spacial score (nSPS) is 9.75. The quantitative estimate of drug-likeness (QED) is 0.818. The standard InChI is InChI=1S/C11H6ClN3S/c12-9-3-1-2-4-10(9)16-11-8(7-13)5-6-14-15-11/h1-6H. The Kier molecular flexibility index (Phi) is 3.40. The van der Waals surface area contributed by atoms with Gasteiger partial charge in [-0.05, 0) is 18.2 Å². The molecule has 0 bridgehead atoms. The van der Waals surface area contributed by atoms with Gasteiger partial charge in [0, 0.05) is 4.90 Å². The number of nitriles is 1. The first-order valence-electron chi connectivity index (χ1n) is 4.45. The molecule has 78 valence electrons. The second kappa shape index (κ2) is 4.97. The maximum absolute atomic E-state index is 8.90. The minimum Gasteiger partial charge on any atom is -0.192 e.